The monoisotopic (exact) mass is 310 g/mol. The van der Waals surface area contributed by atoms with Crippen LogP contribution in [0.25, 0.3) is 0 Å². The predicted molar refractivity (Wildman–Crippen MR) is 78.8 cm³/mol. The van der Waals surface area contributed by atoms with Crippen molar-refractivity contribution in [1.29, 1.82) is 0 Å². The third-order valence-electron chi connectivity index (χ3n) is 2.47. The minimum absolute atomic E-state index is 0.0679. The molecule has 1 amide bonds. The van der Waals surface area contributed by atoms with Gasteiger partial charge in [-0.2, -0.15) is 0 Å². The van der Waals surface area contributed by atoms with Crippen LogP contribution in [0.2, 0.25) is 5.02 Å². The number of amides is 1. The van der Waals surface area contributed by atoms with Crippen LogP contribution in [0.3, 0.4) is 0 Å². The lowest BCUT2D eigenvalue weighted by Gasteiger charge is -2.08. The molecule has 20 heavy (non-hydrogen) atoms. The van der Waals surface area contributed by atoms with Gasteiger partial charge in [0.1, 0.15) is 5.69 Å². The molecule has 0 aliphatic carbocycles. The minimum Gasteiger partial charge on any atom is -0.409 e. The Bertz CT molecular complexity index is 684. The molecule has 1 aromatic heterocycles. The van der Waals surface area contributed by atoms with Gasteiger partial charge in [-0.05, 0) is 25.1 Å². The van der Waals surface area contributed by atoms with Crippen LogP contribution in [0.1, 0.15) is 21.1 Å². The largest absolute Gasteiger partial charge is 0.409 e. The highest BCUT2D eigenvalue weighted by Crippen LogP contribution is 2.24. The molecule has 4 N–H and O–H groups in total. The number of nitrogens with zero attached hydrogens (tertiary/aromatic N) is 2. The highest BCUT2D eigenvalue weighted by Gasteiger charge is 2.12. The molecule has 2 rings (SSSR count). The number of carbonyl (C=O) groups excluding carboxylic acids is 1. The Morgan fingerprint density at radius 3 is 2.90 bits per heavy atom. The van der Waals surface area contributed by atoms with Crippen LogP contribution >= 0.6 is 22.9 Å². The fourth-order valence-corrected chi connectivity index (χ4v) is 2.25. The van der Waals surface area contributed by atoms with Crippen LogP contribution in [0.15, 0.2) is 28.7 Å². The summed E-state index contributed by atoms with van der Waals surface area (Å²) in [6, 6.07) is 4.66. The Hall–Kier alpha value is -2.12. The van der Waals surface area contributed by atoms with Gasteiger partial charge in [-0.3, -0.25) is 4.79 Å². The summed E-state index contributed by atoms with van der Waals surface area (Å²) < 4.78 is 0. The maximum Gasteiger partial charge on any atom is 0.275 e. The molecule has 0 aliphatic rings. The van der Waals surface area contributed by atoms with Crippen LogP contribution in [-0.4, -0.2) is 21.9 Å². The number of amidine groups is 1. The second-order valence-electron chi connectivity index (χ2n) is 3.89. The molecule has 0 aliphatic heterocycles. The quantitative estimate of drug-likeness (QED) is 0.351. The van der Waals surface area contributed by atoms with Crippen LogP contribution < -0.4 is 11.1 Å². The van der Waals surface area contributed by atoms with Crippen LogP contribution in [0.5, 0.6) is 0 Å². The lowest BCUT2D eigenvalue weighted by atomic mass is 10.2. The average Bonchev–Trinajstić information content (AvgIpc) is 2.87. The zero-order valence-electron chi connectivity index (χ0n) is 10.4. The van der Waals surface area contributed by atoms with Gasteiger partial charge in [0.05, 0.1) is 15.7 Å². The van der Waals surface area contributed by atoms with E-state index in [1.54, 1.807) is 17.5 Å². The number of oxime groups is 1. The van der Waals surface area contributed by atoms with E-state index < -0.39 is 0 Å². The lowest BCUT2D eigenvalue weighted by molar-refractivity contribution is 0.102. The summed E-state index contributed by atoms with van der Waals surface area (Å²) in [5, 5.41) is 17.0. The smallest absolute Gasteiger partial charge is 0.275 e. The van der Waals surface area contributed by atoms with Gasteiger partial charge in [-0.1, -0.05) is 16.8 Å². The molecule has 1 aromatic carbocycles. The number of aromatic nitrogens is 1. The van der Waals surface area contributed by atoms with E-state index in [0.29, 0.717) is 22.0 Å². The number of carbonyl (C=O) groups is 1. The van der Waals surface area contributed by atoms with Crippen molar-refractivity contribution < 1.29 is 10.0 Å². The highest BCUT2D eigenvalue weighted by molar-refractivity contribution is 7.09. The number of nitrogens with one attached hydrogen (secondary N) is 1. The van der Waals surface area contributed by atoms with Crippen LogP contribution in [-0.2, 0) is 0 Å². The number of hydrogen-bond acceptors (Lipinski definition) is 5. The molecule has 2 aromatic rings. The molecule has 0 unspecified atom stereocenters. The number of nitrogens with two attached hydrogens (primary N) is 1. The van der Waals surface area contributed by atoms with Crippen molar-refractivity contribution in [2.75, 3.05) is 5.32 Å². The van der Waals surface area contributed by atoms with Crippen molar-refractivity contribution in [2.24, 2.45) is 10.9 Å². The van der Waals surface area contributed by atoms with E-state index in [4.69, 9.17) is 22.5 Å². The number of anilines is 1. The number of hydrogen-bond donors (Lipinski definition) is 3. The molecule has 1 heterocycles. The number of thiazole rings is 1. The molecule has 0 fully saturated rings. The first-order valence-electron chi connectivity index (χ1n) is 5.52. The highest BCUT2D eigenvalue weighted by atomic mass is 35.5. The molecule has 0 radical (unpaired) electrons. The Balaban J connectivity index is 2.26. The molecule has 0 bridgehead atoms. The summed E-state index contributed by atoms with van der Waals surface area (Å²) >= 11 is 7.39. The molecule has 104 valence electrons. The Kier molecular flexibility index (Phi) is 4.21. The van der Waals surface area contributed by atoms with E-state index in [2.05, 4.69) is 15.5 Å². The first-order valence-corrected chi connectivity index (χ1v) is 6.78. The topological polar surface area (TPSA) is 101 Å². The third-order valence-corrected chi connectivity index (χ3v) is 3.57. The predicted octanol–water partition coefficient (Wildman–Crippen LogP) is 2.45. The van der Waals surface area contributed by atoms with E-state index in [-0.39, 0.29) is 11.7 Å². The van der Waals surface area contributed by atoms with E-state index in [1.807, 2.05) is 6.92 Å². The van der Waals surface area contributed by atoms with Gasteiger partial charge in [0.2, 0.25) is 0 Å². The Labute approximate surface area is 123 Å². The van der Waals surface area contributed by atoms with Crippen molar-refractivity contribution in [3.63, 3.8) is 0 Å². The summed E-state index contributed by atoms with van der Waals surface area (Å²) in [6.07, 6.45) is 0. The van der Waals surface area contributed by atoms with Crippen LogP contribution in [0, 0.1) is 6.92 Å². The SMILES string of the molecule is Cc1nc(C(=O)Nc2cc(/C(N)=N/O)ccc2Cl)cs1. The van der Waals surface area contributed by atoms with Gasteiger partial charge < -0.3 is 16.3 Å². The van der Waals surface area contributed by atoms with Crippen molar-refractivity contribution in [3.05, 3.63) is 44.9 Å². The van der Waals surface area contributed by atoms with E-state index in [9.17, 15) is 4.79 Å². The molecule has 0 spiro atoms. The summed E-state index contributed by atoms with van der Waals surface area (Å²) in [4.78, 5) is 16.1. The molecular weight excluding hydrogens is 300 g/mol. The standard InChI is InChI=1S/C12H11ClN4O2S/c1-6-15-10(5-20-6)12(18)16-9-4-7(11(14)17-19)2-3-8(9)13/h2-5,19H,1H3,(H2,14,17)(H,16,18). The van der Waals surface area contributed by atoms with Gasteiger partial charge in [-0.25, -0.2) is 4.98 Å². The van der Waals surface area contributed by atoms with E-state index >= 15 is 0 Å². The summed E-state index contributed by atoms with van der Waals surface area (Å²) in [6.45, 7) is 1.81. The molecule has 6 nitrogen and oxygen atoms in total. The summed E-state index contributed by atoms with van der Waals surface area (Å²) in [5.41, 5.74) is 6.62. The third kappa shape index (κ3) is 3.06. The fourth-order valence-electron chi connectivity index (χ4n) is 1.49. The van der Waals surface area contributed by atoms with Gasteiger partial charge in [0.25, 0.3) is 5.91 Å². The van der Waals surface area contributed by atoms with Crippen molar-refractivity contribution in [3.8, 4) is 0 Å². The summed E-state index contributed by atoms with van der Waals surface area (Å²) in [7, 11) is 0. The average molecular weight is 311 g/mol. The van der Waals surface area contributed by atoms with Crippen molar-refractivity contribution in [2.45, 2.75) is 6.92 Å². The number of rotatable bonds is 3. The number of halogens is 1. The molecule has 0 atom stereocenters. The van der Waals surface area contributed by atoms with E-state index in [0.717, 1.165) is 5.01 Å². The number of benzene rings is 1. The van der Waals surface area contributed by atoms with Gasteiger partial charge in [0, 0.05) is 10.9 Å². The molecule has 0 saturated heterocycles. The minimum atomic E-state index is -0.368. The van der Waals surface area contributed by atoms with Gasteiger partial charge in [-0.15, -0.1) is 11.3 Å². The van der Waals surface area contributed by atoms with Gasteiger partial charge >= 0.3 is 0 Å². The first kappa shape index (κ1) is 14.3. The molecular formula is C12H11ClN4O2S. The fraction of sp³-hybridized carbons (Fsp3) is 0.0833. The molecule has 0 saturated carbocycles. The second kappa shape index (κ2) is 5.89. The van der Waals surface area contributed by atoms with Crippen molar-refractivity contribution >= 4 is 40.4 Å². The first-order chi connectivity index (χ1) is 9.51. The van der Waals surface area contributed by atoms with Crippen molar-refractivity contribution in [1.82, 2.24) is 4.98 Å². The maximum absolute atomic E-state index is 12.0. The zero-order valence-corrected chi connectivity index (χ0v) is 12.0. The maximum atomic E-state index is 12.0. The zero-order chi connectivity index (χ0) is 14.7. The summed E-state index contributed by atoms with van der Waals surface area (Å²) in [5.74, 6) is -0.436. The Morgan fingerprint density at radius 1 is 1.55 bits per heavy atom. The normalized spacial score (nSPS) is 11.4. The van der Waals surface area contributed by atoms with Crippen LogP contribution in [0.4, 0.5) is 5.69 Å². The second-order valence-corrected chi connectivity index (χ2v) is 5.36. The van der Waals surface area contributed by atoms with Gasteiger partial charge in [0.15, 0.2) is 5.84 Å². The Morgan fingerprint density at radius 2 is 2.30 bits per heavy atom. The van der Waals surface area contributed by atoms with E-state index in [1.165, 1.54) is 17.4 Å². The lowest BCUT2D eigenvalue weighted by Crippen LogP contribution is -2.16. The molecule has 8 heteroatoms. The number of aryl methyl sites for hydroxylation is 1.